The van der Waals surface area contributed by atoms with E-state index in [1.165, 1.54) is 12.1 Å². The molecule has 0 saturated carbocycles. The van der Waals surface area contributed by atoms with Gasteiger partial charge in [-0.25, -0.2) is 17.9 Å². The fraction of sp³-hybridized carbons (Fsp3) is 0.462. The molecule has 110 valence electrons. The second-order valence-electron chi connectivity index (χ2n) is 4.83. The summed E-state index contributed by atoms with van der Waals surface area (Å²) in [5.74, 6) is -1.01. The second-order valence-corrected chi connectivity index (χ2v) is 6.59. The van der Waals surface area contributed by atoms with Crippen molar-refractivity contribution < 1.29 is 23.1 Å². The number of carboxylic acids is 1. The van der Waals surface area contributed by atoms with Gasteiger partial charge in [0.15, 0.2) is 6.10 Å². The highest BCUT2D eigenvalue weighted by molar-refractivity contribution is 7.89. The summed E-state index contributed by atoms with van der Waals surface area (Å²) in [4.78, 5) is 10.9. The molecule has 1 aliphatic rings. The Hall–Kier alpha value is -1.44. The molecule has 0 spiro atoms. The lowest BCUT2D eigenvalue weighted by molar-refractivity contribution is -0.149. The average molecular weight is 299 g/mol. The Kier molecular flexibility index (Phi) is 4.42. The first-order valence-corrected chi connectivity index (χ1v) is 7.81. The lowest BCUT2D eigenvalue weighted by Gasteiger charge is -2.12. The molecule has 20 heavy (non-hydrogen) atoms. The zero-order valence-corrected chi connectivity index (χ0v) is 11.9. The Morgan fingerprint density at radius 1 is 1.35 bits per heavy atom. The highest BCUT2D eigenvalue weighted by Crippen LogP contribution is 2.20. The molecule has 0 aliphatic carbocycles. The molecule has 1 aromatic carbocycles. The van der Waals surface area contributed by atoms with Gasteiger partial charge in [0, 0.05) is 6.54 Å². The molecule has 2 atom stereocenters. The molecule has 2 unspecified atom stereocenters. The van der Waals surface area contributed by atoms with Crippen LogP contribution in [0, 0.1) is 6.92 Å². The van der Waals surface area contributed by atoms with Crippen LogP contribution in [0.4, 0.5) is 0 Å². The van der Waals surface area contributed by atoms with Gasteiger partial charge >= 0.3 is 5.97 Å². The maximum atomic E-state index is 12.0. The normalized spacial score (nSPS) is 22.9. The van der Waals surface area contributed by atoms with Crippen molar-refractivity contribution in [3.8, 4) is 0 Å². The van der Waals surface area contributed by atoms with Crippen LogP contribution in [0.15, 0.2) is 29.2 Å². The monoisotopic (exact) mass is 299 g/mol. The zero-order chi connectivity index (χ0) is 14.8. The molecule has 1 heterocycles. The van der Waals surface area contributed by atoms with E-state index in [2.05, 4.69) is 4.72 Å². The number of carbonyl (C=O) groups is 1. The highest BCUT2D eigenvalue weighted by atomic mass is 32.2. The van der Waals surface area contributed by atoms with Crippen molar-refractivity contribution in [2.24, 2.45) is 0 Å². The summed E-state index contributed by atoms with van der Waals surface area (Å²) in [5.41, 5.74) is 0.979. The van der Waals surface area contributed by atoms with Gasteiger partial charge in [-0.2, -0.15) is 0 Å². The van der Waals surface area contributed by atoms with Gasteiger partial charge in [-0.05, 0) is 31.9 Å². The van der Waals surface area contributed by atoms with E-state index in [1.807, 2.05) is 6.92 Å². The summed E-state index contributed by atoms with van der Waals surface area (Å²) in [6.07, 6.45) is -0.278. The Morgan fingerprint density at radius 2 is 2.00 bits per heavy atom. The van der Waals surface area contributed by atoms with E-state index >= 15 is 0 Å². The van der Waals surface area contributed by atoms with E-state index in [9.17, 15) is 13.2 Å². The predicted molar refractivity (Wildman–Crippen MR) is 71.9 cm³/mol. The fourth-order valence-corrected chi connectivity index (χ4v) is 3.11. The van der Waals surface area contributed by atoms with Gasteiger partial charge in [-0.3, -0.25) is 0 Å². The number of nitrogens with one attached hydrogen (secondary N) is 1. The van der Waals surface area contributed by atoms with Crippen molar-refractivity contribution in [3.63, 3.8) is 0 Å². The molecule has 1 fully saturated rings. The van der Waals surface area contributed by atoms with Crippen LogP contribution in [0.2, 0.25) is 0 Å². The minimum absolute atomic E-state index is 0.0833. The molecule has 0 amide bonds. The molecule has 0 bridgehead atoms. The second kappa shape index (κ2) is 5.90. The minimum atomic E-state index is -3.58. The van der Waals surface area contributed by atoms with Gasteiger partial charge in [0.05, 0.1) is 11.0 Å². The number of ether oxygens (including phenoxy) is 1. The van der Waals surface area contributed by atoms with E-state index in [-0.39, 0.29) is 11.4 Å². The molecule has 2 N–H and O–H groups in total. The standard InChI is InChI=1S/C13H17NO5S/c1-9-2-5-11(6-3-9)20(17,18)14-8-10-4-7-12(19-10)13(15)16/h2-3,5-6,10,12,14H,4,7-8H2,1H3,(H,15,16). The third-order valence-electron chi connectivity index (χ3n) is 3.22. The van der Waals surface area contributed by atoms with Crippen LogP contribution in [-0.2, 0) is 19.6 Å². The molecule has 1 aromatic rings. The van der Waals surface area contributed by atoms with Crippen LogP contribution >= 0.6 is 0 Å². The molecule has 1 aliphatic heterocycles. The molecule has 0 radical (unpaired) electrons. The Morgan fingerprint density at radius 3 is 2.55 bits per heavy atom. The molecule has 7 heteroatoms. The van der Waals surface area contributed by atoms with Crippen molar-refractivity contribution in [2.75, 3.05) is 6.54 Å². The summed E-state index contributed by atoms with van der Waals surface area (Å²) < 4.78 is 31.8. The summed E-state index contributed by atoms with van der Waals surface area (Å²) in [5, 5.41) is 8.80. The number of rotatable bonds is 5. The highest BCUT2D eigenvalue weighted by Gasteiger charge is 2.31. The maximum Gasteiger partial charge on any atom is 0.332 e. The van der Waals surface area contributed by atoms with Gasteiger partial charge in [0.25, 0.3) is 0 Å². The predicted octanol–water partition coefficient (Wildman–Crippen LogP) is 0.906. The maximum absolute atomic E-state index is 12.0. The molecule has 1 saturated heterocycles. The molecule has 2 rings (SSSR count). The summed E-state index contributed by atoms with van der Waals surface area (Å²) >= 11 is 0. The SMILES string of the molecule is Cc1ccc(S(=O)(=O)NCC2CCC(C(=O)O)O2)cc1. The summed E-state index contributed by atoms with van der Waals surface area (Å²) in [6, 6.07) is 6.52. The zero-order valence-electron chi connectivity index (χ0n) is 11.1. The van der Waals surface area contributed by atoms with Crippen molar-refractivity contribution in [1.29, 1.82) is 0 Å². The summed E-state index contributed by atoms with van der Waals surface area (Å²) in [6.45, 7) is 1.96. The lowest BCUT2D eigenvalue weighted by atomic mass is 10.2. The lowest BCUT2D eigenvalue weighted by Crippen LogP contribution is -2.33. The van der Waals surface area contributed by atoms with Crippen molar-refractivity contribution >= 4 is 16.0 Å². The number of hydrogen-bond acceptors (Lipinski definition) is 4. The number of benzene rings is 1. The molecule has 0 aromatic heterocycles. The average Bonchev–Trinajstić information content (AvgIpc) is 2.86. The number of aliphatic carboxylic acids is 1. The van der Waals surface area contributed by atoms with E-state index in [0.717, 1.165) is 5.56 Å². The first-order chi connectivity index (χ1) is 9.38. The largest absolute Gasteiger partial charge is 0.479 e. The summed E-state index contributed by atoms with van der Waals surface area (Å²) in [7, 11) is -3.58. The van der Waals surface area contributed by atoms with Crippen LogP contribution < -0.4 is 4.72 Å². The Balaban J connectivity index is 1.93. The van der Waals surface area contributed by atoms with Crippen LogP contribution in [0.3, 0.4) is 0 Å². The number of carboxylic acid groups (broad SMARTS) is 1. The molecular formula is C13H17NO5S. The van der Waals surface area contributed by atoms with Crippen LogP contribution in [0.5, 0.6) is 0 Å². The minimum Gasteiger partial charge on any atom is -0.479 e. The van der Waals surface area contributed by atoms with E-state index in [1.54, 1.807) is 12.1 Å². The molecular weight excluding hydrogens is 282 g/mol. The number of hydrogen-bond donors (Lipinski definition) is 2. The van der Waals surface area contributed by atoms with Crippen molar-refractivity contribution in [2.45, 2.75) is 36.9 Å². The van der Waals surface area contributed by atoms with Gasteiger partial charge in [-0.1, -0.05) is 17.7 Å². The number of aryl methyl sites for hydroxylation is 1. The van der Waals surface area contributed by atoms with Crippen LogP contribution in [-0.4, -0.2) is 38.2 Å². The Bertz CT molecular complexity index is 581. The van der Waals surface area contributed by atoms with Crippen LogP contribution in [0.25, 0.3) is 0 Å². The van der Waals surface area contributed by atoms with Gasteiger partial charge in [0.2, 0.25) is 10.0 Å². The smallest absolute Gasteiger partial charge is 0.332 e. The van der Waals surface area contributed by atoms with Crippen molar-refractivity contribution in [3.05, 3.63) is 29.8 Å². The first kappa shape index (κ1) is 15.0. The first-order valence-electron chi connectivity index (χ1n) is 6.33. The van der Waals surface area contributed by atoms with Gasteiger partial charge < -0.3 is 9.84 Å². The topological polar surface area (TPSA) is 92.7 Å². The fourth-order valence-electron chi connectivity index (χ4n) is 2.04. The molecule has 6 nitrogen and oxygen atoms in total. The van der Waals surface area contributed by atoms with Gasteiger partial charge in [0.1, 0.15) is 0 Å². The Labute approximate surface area is 117 Å². The van der Waals surface area contributed by atoms with E-state index < -0.39 is 28.2 Å². The number of sulfonamides is 1. The van der Waals surface area contributed by atoms with Gasteiger partial charge in [-0.15, -0.1) is 0 Å². The van der Waals surface area contributed by atoms with Crippen molar-refractivity contribution in [1.82, 2.24) is 4.72 Å². The van der Waals surface area contributed by atoms with E-state index in [0.29, 0.717) is 12.8 Å². The quantitative estimate of drug-likeness (QED) is 0.843. The third kappa shape index (κ3) is 3.56. The third-order valence-corrected chi connectivity index (χ3v) is 4.65. The van der Waals surface area contributed by atoms with E-state index in [4.69, 9.17) is 9.84 Å². The van der Waals surface area contributed by atoms with Crippen LogP contribution in [0.1, 0.15) is 18.4 Å².